The lowest BCUT2D eigenvalue weighted by atomic mass is 9.89. The first kappa shape index (κ1) is 16.9. The van der Waals surface area contributed by atoms with Gasteiger partial charge < -0.3 is 4.52 Å². The van der Waals surface area contributed by atoms with Crippen molar-refractivity contribution in [3.63, 3.8) is 0 Å². The molecule has 1 saturated heterocycles. The van der Waals surface area contributed by atoms with Gasteiger partial charge in [0.2, 0.25) is 11.7 Å². The standard InChI is InChI=1S/C21H24N4O/c1-16(21-23-20(24-26-21)19-7-11-22-12-8-19)25-13-9-18(10-14-25)15-17-5-3-2-4-6-17/h2-8,11-12,16,18H,9-10,13-15H2,1H3/t16-/m1/s1. The molecule has 0 bridgehead atoms. The summed E-state index contributed by atoms with van der Waals surface area (Å²) in [6.07, 6.45) is 7.09. The van der Waals surface area contributed by atoms with Gasteiger partial charge in [-0.25, -0.2) is 0 Å². The predicted octanol–water partition coefficient (Wildman–Crippen LogP) is 4.15. The molecular formula is C21H24N4O. The maximum atomic E-state index is 5.53. The molecule has 1 aliphatic heterocycles. The second-order valence-corrected chi connectivity index (χ2v) is 7.04. The van der Waals surface area contributed by atoms with E-state index >= 15 is 0 Å². The molecular weight excluding hydrogens is 324 g/mol. The molecule has 3 heterocycles. The first-order chi connectivity index (χ1) is 12.8. The Labute approximate surface area is 154 Å². The van der Waals surface area contributed by atoms with Crippen LogP contribution in [0.5, 0.6) is 0 Å². The summed E-state index contributed by atoms with van der Waals surface area (Å²) in [7, 11) is 0. The molecule has 0 saturated carbocycles. The summed E-state index contributed by atoms with van der Waals surface area (Å²) in [6, 6.07) is 14.7. The molecule has 1 atom stereocenters. The van der Waals surface area contributed by atoms with Crippen molar-refractivity contribution in [1.29, 1.82) is 0 Å². The van der Waals surface area contributed by atoms with Crippen molar-refractivity contribution in [2.45, 2.75) is 32.2 Å². The minimum atomic E-state index is 0.149. The van der Waals surface area contributed by atoms with Crippen molar-refractivity contribution in [3.8, 4) is 11.4 Å². The Morgan fingerprint density at radius 1 is 1.08 bits per heavy atom. The van der Waals surface area contributed by atoms with Gasteiger partial charge >= 0.3 is 0 Å². The summed E-state index contributed by atoms with van der Waals surface area (Å²) < 4.78 is 5.53. The highest BCUT2D eigenvalue weighted by Crippen LogP contribution is 2.28. The molecule has 3 aromatic rings. The fraction of sp³-hybridized carbons (Fsp3) is 0.381. The third-order valence-corrected chi connectivity index (χ3v) is 5.30. The smallest absolute Gasteiger partial charge is 0.244 e. The van der Waals surface area contributed by atoms with Gasteiger partial charge in [0.25, 0.3) is 0 Å². The van der Waals surface area contributed by atoms with Gasteiger partial charge in [-0.3, -0.25) is 9.88 Å². The van der Waals surface area contributed by atoms with Crippen molar-refractivity contribution in [1.82, 2.24) is 20.0 Å². The van der Waals surface area contributed by atoms with E-state index in [1.807, 2.05) is 12.1 Å². The topological polar surface area (TPSA) is 55.1 Å². The summed E-state index contributed by atoms with van der Waals surface area (Å²) in [6.45, 7) is 4.30. The lowest BCUT2D eigenvalue weighted by Crippen LogP contribution is -2.36. The van der Waals surface area contributed by atoms with Crippen LogP contribution in [0.3, 0.4) is 0 Å². The molecule has 0 N–H and O–H groups in total. The fourth-order valence-electron chi connectivity index (χ4n) is 3.67. The van der Waals surface area contributed by atoms with Gasteiger partial charge in [0.1, 0.15) is 0 Å². The molecule has 1 aliphatic rings. The molecule has 1 aromatic carbocycles. The highest BCUT2D eigenvalue weighted by Gasteiger charge is 2.27. The Balaban J connectivity index is 1.35. The van der Waals surface area contributed by atoms with E-state index in [-0.39, 0.29) is 6.04 Å². The minimum Gasteiger partial charge on any atom is -0.337 e. The second kappa shape index (κ2) is 7.79. The SMILES string of the molecule is C[C@H](c1nc(-c2ccncc2)no1)N1CCC(Cc2ccccc2)CC1. The minimum absolute atomic E-state index is 0.149. The van der Waals surface area contributed by atoms with Crippen molar-refractivity contribution < 1.29 is 4.52 Å². The second-order valence-electron chi connectivity index (χ2n) is 7.04. The Kier molecular flexibility index (Phi) is 5.07. The van der Waals surface area contributed by atoms with E-state index in [0.29, 0.717) is 11.7 Å². The van der Waals surface area contributed by atoms with Crippen LogP contribution in [-0.4, -0.2) is 33.1 Å². The van der Waals surface area contributed by atoms with E-state index in [1.54, 1.807) is 12.4 Å². The lowest BCUT2D eigenvalue weighted by Gasteiger charge is -2.34. The monoisotopic (exact) mass is 348 g/mol. The molecule has 0 unspecified atom stereocenters. The molecule has 0 aliphatic carbocycles. The van der Waals surface area contributed by atoms with E-state index in [2.05, 4.69) is 57.3 Å². The number of hydrogen-bond acceptors (Lipinski definition) is 5. The zero-order valence-electron chi connectivity index (χ0n) is 15.1. The first-order valence-corrected chi connectivity index (χ1v) is 9.31. The molecule has 134 valence electrons. The molecule has 26 heavy (non-hydrogen) atoms. The number of pyridine rings is 1. The summed E-state index contributed by atoms with van der Waals surface area (Å²) >= 11 is 0. The van der Waals surface area contributed by atoms with Crippen LogP contribution in [0.4, 0.5) is 0 Å². The van der Waals surface area contributed by atoms with E-state index in [1.165, 1.54) is 24.8 Å². The zero-order valence-corrected chi connectivity index (χ0v) is 15.1. The van der Waals surface area contributed by atoms with E-state index in [0.717, 1.165) is 24.6 Å². The highest BCUT2D eigenvalue weighted by atomic mass is 16.5. The van der Waals surface area contributed by atoms with Crippen molar-refractivity contribution >= 4 is 0 Å². The van der Waals surface area contributed by atoms with Gasteiger partial charge in [-0.15, -0.1) is 0 Å². The van der Waals surface area contributed by atoms with E-state index in [9.17, 15) is 0 Å². The first-order valence-electron chi connectivity index (χ1n) is 9.31. The van der Waals surface area contributed by atoms with Crippen LogP contribution in [0, 0.1) is 5.92 Å². The van der Waals surface area contributed by atoms with Crippen molar-refractivity contribution in [3.05, 3.63) is 66.3 Å². The largest absolute Gasteiger partial charge is 0.337 e. The molecule has 0 radical (unpaired) electrons. The summed E-state index contributed by atoms with van der Waals surface area (Å²) in [4.78, 5) is 11.1. The Morgan fingerprint density at radius 2 is 1.81 bits per heavy atom. The van der Waals surface area contributed by atoms with Gasteiger partial charge in [-0.1, -0.05) is 35.5 Å². The maximum Gasteiger partial charge on any atom is 0.244 e. The van der Waals surface area contributed by atoms with Crippen LogP contribution >= 0.6 is 0 Å². The predicted molar refractivity (Wildman–Crippen MR) is 100 cm³/mol. The highest BCUT2D eigenvalue weighted by molar-refractivity contribution is 5.52. The van der Waals surface area contributed by atoms with Crippen LogP contribution in [0.25, 0.3) is 11.4 Å². The summed E-state index contributed by atoms with van der Waals surface area (Å²) in [5.41, 5.74) is 2.38. The molecule has 4 rings (SSSR count). The summed E-state index contributed by atoms with van der Waals surface area (Å²) in [5, 5.41) is 4.13. The third kappa shape index (κ3) is 3.83. The van der Waals surface area contributed by atoms with Gasteiger partial charge in [-0.05, 0) is 62.9 Å². The van der Waals surface area contributed by atoms with Crippen molar-refractivity contribution in [2.75, 3.05) is 13.1 Å². The Morgan fingerprint density at radius 3 is 2.54 bits per heavy atom. The molecule has 0 amide bonds. The number of aromatic nitrogens is 3. The van der Waals surface area contributed by atoms with Crippen LogP contribution < -0.4 is 0 Å². The molecule has 1 fully saturated rings. The molecule has 0 spiro atoms. The number of benzene rings is 1. The van der Waals surface area contributed by atoms with Crippen molar-refractivity contribution in [2.24, 2.45) is 5.92 Å². The third-order valence-electron chi connectivity index (χ3n) is 5.30. The molecule has 5 nitrogen and oxygen atoms in total. The zero-order chi connectivity index (χ0) is 17.8. The van der Waals surface area contributed by atoms with Crippen LogP contribution in [-0.2, 0) is 6.42 Å². The molecule has 2 aromatic heterocycles. The van der Waals surface area contributed by atoms with Gasteiger partial charge in [0.05, 0.1) is 6.04 Å². The average Bonchev–Trinajstić information content (AvgIpc) is 3.20. The lowest BCUT2D eigenvalue weighted by molar-refractivity contribution is 0.119. The van der Waals surface area contributed by atoms with Crippen LogP contribution in [0.1, 0.15) is 37.3 Å². The number of likely N-dealkylation sites (tertiary alicyclic amines) is 1. The summed E-state index contributed by atoms with van der Waals surface area (Å²) in [5.74, 6) is 2.09. The average molecular weight is 348 g/mol. The number of piperidine rings is 1. The normalized spacial score (nSPS) is 17.3. The van der Waals surface area contributed by atoms with E-state index in [4.69, 9.17) is 4.52 Å². The quantitative estimate of drug-likeness (QED) is 0.693. The fourth-order valence-corrected chi connectivity index (χ4v) is 3.67. The number of rotatable bonds is 5. The maximum absolute atomic E-state index is 5.53. The van der Waals surface area contributed by atoms with Gasteiger partial charge in [-0.2, -0.15) is 4.98 Å². The molecule has 5 heteroatoms. The number of hydrogen-bond donors (Lipinski definition) is 0. The van der Waals surface area contributed by atoms with Crippen LogP contribution in [0.15, 0.2) is 59.4 Å². The van der Waals surface area contributed by atoms with Gasteiger partial charge in [0.15, 0.2) is 0 Å². The Bertz CT molecular complexity index is 810. The number of nitrogens with zero attached hydrogens (tertiary/aromatic N) is 4. The Hall–Kier alpha value is -2.53. The van der Waals surface area contributed by atoms with E-state index < -0.39 is 0 Å². The van der Waals surface area contributed by atoms with Crippen LogP contribution in [0.2, 0.25) is 0 Å². The van der Waals surface area contributed by atoms with Gasteiger partial charge in [0, 0.05) is 18.0 Å².